The molecule has 0 aromatic heterocycles. The first-order valence-electron chi connectivity index (χ1n) is 3.83. The van der Waals surface area contributed by atoms with Crippen molar-refractivity contribution in [3.05, 3.63) is 22.5 Å². The summed E-state index contributed by atoms with van der Waals surface area (Å²) >= 11 is -0.727. The maximum atomic E-state index is 10.1. The number of rotatable bonds is 1. The molecule has 0 amide bonds. The summed E-state index contributed by atoms with van der Waals surface area (Å²) in [6.07, 6.45) is 6.81. The van der Waals surface area contributed by atoms with E-state index in [1.54, 1.807) is 20.8 Å². The van der Waals surface area contributed by atoms with Crippen molar-refractivity contribution in [2.75, 3.05) is 0 Å². The van der Waals surface area contributed by atoms with Crippen molar-refractivity contribution in [1.29, 1.82) is 0 Å². The molecule has 0 fully saturated rings. The van der Waals surface area contributed by atoms with Gasteiger partial charge in [0.05, 0.1) is 0 Å². The Balaban J connectivity index is 0. The van der Waals surface area contributed by atoms with Crippen LogP contribution in [0.5, 0.6) is 0 Å². The van der Waals surface area contributed by atoms with E-state index in [1.807, 2.05) is 18.2 Å². The van der Waals surface area contributed by atoms with E-state index in [2.05, 4.69) is 0 Å². The molecule has 0 saturated carbocycles. The molecular weight excluding hydrogens is 226 g/mol. The van der Waals surface area contributed by atoms with Crippen molar-refractivity contribution < 1.29 is 37.4 Å². The van der Waals surface area contributed by atoms with Crippen molar-refractivity contribution in [3.63, 3.8) is 0 Å². The first-order valence-corrected chi connectivity index (χ1v) is 5.10. The van der Waals surface area contributed by atoms with Crippen LogP contribution in [0.15, 0.2) is 22.5 Å². The molecule has 0 unspecified atom stereocenters. The van der Waals surface area contributed by atoms with Crippen LogP contribution in [-0.4, -0.2) is 5.60 Å². The fourth-order valence-corrected chi connectivity index (χ4v) is 1.01. The molecule has 13 heavy (non-hydrogen) atoms. The van der Waals surface area contributed by atoms with Gasteiger partial charge >= 0.3 is 48.8 Å². The average Bonchev–Trinajstić information content (AvgIpc) is 2.33. The number of hydrogen-bond acceptors (Lipinski definition) is 2. The second kappa shape index (κ2) is 7.51. The fourth-order valence-electron chi connectivity index (χ4n) is 0.504. The second-order valence-corrected chi connectivity index (χ2v) is 4.68. The van der Waals surface area contributed by atoms with Crippen LogP contribution in [0.2, 0.25) is 0 Å². The monoisotopic (exact) mass is 240 g/mol. The number of allylic oxidation sites excluding steroid dienone is 4. The van der Waals surface area contributed by atoms with Gasteiger partial charge in [0.1, 0.15) is 0 Å². The number of hydrogen-bond donors (Lipinski definition) is 0. The van der Waals surface area contributed by atoms with Crippen LogP contribution in [-0.2, 0) is 19.9 Å². The van der Waals surface area contributed by atoms with E-state index in [9.17, 15) is 8.78 Å². The fraction of sp³-hybridized carbons (Fsp3) is 0.556. The number of halogens is 1. The van der Waals surface area contributed by atoms with Gasteiger partial charge in [0.25, 0.3) is 0 Å². The summed E-state index contributed by atoms with van der Waals surface area (Å²) in [5.74, 6) is 0. The standard InChI is InChI=1S/C5H5.C4H9O.ClH.O.V/c1-2-4-5-3-1;1-4(2,3)5;;;/h1-3H,4H2;1-3H3;1H;;/q;-1;;;+2/p-1. The Labute approximate surface area is 92.8 Å². The molecule has 74 valence electrons. The van der Waals surface area contributed by atoms with Crippen molar-refractivity contribution in [2.24, 2.45) is 0 Å². The summed E-state index contributed by atoms with van der Waals surface area (Å²) in [5, 5.41) is 10.1. The van der Waals surface area contributed by atoms with E-state index in [-0.39, 0.29) is 12.4 Å². The minimum atomic E-state index is -0.750. The van der Waals surface area contributed by atoms with Gasteiger partial charge in [-0.15, -0.1) is 5.60 Å². The quantitative estimate of drug-likeness (QED) is 0.554. The van der Waals surface area contributed by atoms with Crippen molar-refractivity contribution in [2.45, 2.75) is 32.8 Å². The molecule has 0 bridgehead atoms. The predicted octanol–water partition coefficient (Wildman–Crippen LogP) is -1.59. The van der Waals surface area contributed by atoms with Gasteiger partial charge in [-0.1, -0.05) is 20.8 Å². The van der Waals surface area contributed by atoms with Crippen LogP contribution >= 0.6 is 0 Å². The molecule has 0 N–H and O–H groups in total. The Bertz CT molecular complexity index is 198. The van der Waals surface area contributed by atoms with Crippen molar-refractivity contribution >= 4 is 0 Å². The van der Waals surface area contributed by atoms with Gasteiger partial charge in [0.2, 0.25) is 0 Å². The Morgan fingerprint density at radius 1 is 1.46 bits per heavy atom. The van der Waals surface area contributed by atoms with Crippen LogP contribution in [0, 0.1) is 0 Å². The second-order valence-electron chi connectivity index (χ2n) is 3.49. The Hall–Kier alpha value is 0.114. The molecule has 0 aromatic rings. The molecule has 0 heterocycles. The Morgan fingerprint density at radius 2 is 1.92 bits per heavy atom. The van der Waals surface area contributed by atoms with E-state index < -0.39 is 21.8 Å². The molecule has 0 saturated heterocycles. The SMILES string of the molecule is CC(C)(C)[O-].[Cl-].[O]=[V+2][C]1=CC=CC1. The van der Waals surface area contributed by atoms with E-state index in [1.165, 1.54) is 0 Å². The summed E-state index contributed by atoms with van der Waals surface area (Å²) in [4.78, 5) is 0. The molecule has 0 atom stereocenters. The Kier molecular flexibility index (Phi) is 9.00. The summed E-state index contributed by atoms with van der Waals surface area (Å²) in [7, 11) is 0. The molecular formula is C9H14ClO2V. The molecule has 0 aromatic carbocycles. The molecule has 0 spiro atoms. The van der Waals surface area contributed by atoms with E-state index in [0.717, 1.165) is 10.7 Å². The van der Waals surface area contributed by atoms with E-state index >= 15 is 0 Å². The Morgan fingerprint density at radius 3 is 2.08 bits per heavy atom. The van der Waals surface area contributed by atoms with Gasteiger partial charge in [-0.25, -0.2) is 0 Å². The van der Waals surface area contributed by atoms with Crippen LogP contribution < -0.4 is 17.5 Å². The molecule has 1 rings (SSSR count). The summed E-state index contributed by atoms with van der Waals surface area (Å²) in [6.45, 7) is 4.90. The maximum absolute atomic E-state index is 10.1. The normalized spacial score (nSPS) is 13.4. The van der Waals surface area contributed by atoms with Gasteiger partial charge in [-0.2, -0.15) is 0 Å². The first-order chi connectivity index (χ1) is 5.43. The third-order valence-corrected chi connectivity index (χ3v) is 1.75. The molecule has 0 aliphatic heterocycles. The third-order valence-electron chi connectivity index (χ3n) is 0.869. The third kappa shape index (κ3) is 14.9. The van der Waals surface area contributed by atoms with Gasteiger partial charge < -0.3 is 17.5 Å². The van der Waals surface area contributed by atoms with Gasteiger partial charge in [0.15, 0.2) is 0 Å². The van der Waals surface area contributed by atoms with Crippen molar-refractivity contribution in [1.82, 2.24) is 0 Å². The zero-order valence-corrected chi connectivity index (χ0v) is 10.2. The van der Waals surface area contributed by atoms with Gasteiger partial charge in [0, 0.05) is 0 Å². The first kappa shape index (κ1) is 15.6. The van der Waals surface area contributed by atoms with Crippen LogP contribution in [0.4, 0.5) is 0 Å². The summed E-state index contributed by atoms with van der Waals surface area (Å²) in [5.41, 5.74) is -0.750. The zero-order chi connectivity index (χ0) is 9.61. The van der Waals surface area contributed by atoms with Crippen LogP contribution in [0.3, 0.4) is 0 Å². The van der Waals surface area contributed by atoms with Crippen LogP contribution in [0.1, 0.15) is 27.2 Å². The average molecular weight is 241 g/mol. The van der Waals surface area contributed by atoms with E-state index in [0.29, 0.717) is 0 Å². The minimum absolute atomic E-state index is 0. The molecule has 2 nitrogen and oxygen atoms in total. The van der Waals surface area contributed by atoms with E-state index in [4.69, 9.17) is 0 Å². The van der Waals surface area contributed by atoms with Gasteiger partial charge in [-0.3, -0.25) is 0 Å². The van der Waals surface area contributed by atoms with Gasteiger partial charge in [-0.05, 0) is 0 Å². The topological polar surface area (TPSA) is 40.1 Å². The molecule has 1 aliphatic carbocycles. The zero-order valence-electron chi connectivity index (χ0n) is 8.08. The predicted molar refractivity (Wildman–Crippen MR) is 42.3 cm³/mol. The van der Waals surface area contributed by atoms with Crippen LogP contribution in [0.25, 0.3) is 0 Å². The molecule has 1 aliphatic rings. The summed E-state index contributed by atoms with van der Waals surface area (Å²) < 4.78 is 11.2. The van der Waals surface area contributed by atoms with Crippen molar-refractivity contribution in [3.8, 4) is 0 Å². The molecule has 4 heteroatoms. The summed E-state index contributed by atoms with van der Waals surface area (Å²) in [6, 6.07) is 0. The molecule has 0 radical (unpaired) electrons.